The van der Waals surface area contributed by atoms with E-state index in [1.807, 2.05) is 24.3 Å². The summed E-state index contributed by atoms with van der Waals surface area (Å²) in [6, 6.07) is 10.6. The first-order valence-electron chi connectivity index (χ1n) is 8.46. The third-order valence-corrected chi connectivity index (χ3v) is 4.11. The molecule has 0 saturated carbocycles. The van der Waals surface area contributed by atoms with Gasteiger partial charge in [0.1, 0.15) is 5.82 Å². The van der Waals surface area contributed by atoms with Crippen molar-refractivity contribution in [2.75, 3.05) is 6.54 Å². The Morgan fingerprint density at radius 3 is 2.77 bits per heavy atom. The van der Waals surface area contributed by atoms with Crippen LogP contribution in [-0.2, 0) is 6.42 Å². The fourth-order valence-corrected chi connectivity index (χ4v) is 2.69. The van der Waals surface area contributed by atoms with E-state index in [0.29, 0.717) is 18.5 Å². The zero-order chi connectivity index (χ0) is 18.5. The van der Waals surface area contributed by atoms with E-state index >= 15 is 0 Å². The van der Waals surface area contributed by atoms with Crippen LogP contribution >= 0.6 is 0 Å². The number of aryl methyl sites for hydroxylation is 1. The van der Waals surface area contributed by atoms with E-state index in [4.69, 9.17) is 0 Å². The average molecular weight is 358 g/mol. The standard InChI is InChI=1S/C19H20F2N4O/c1-12(13-8-9-14(20)15(21)11-13)23-19(26)22-10-4-7-18-24-16-5-2-3-6-17(16)25-18/h2-3,5-6,8-9,11-12H,4,7,10H2,1H3,(H,24,25)(H2,22,23,26). The SMILES string of the molecule is CC(NC(=O)NCCCc1nc2ccccc2[nH]1)c1ccc(F)c(F)c1. The van der Waals surface area contributed by atoms with Gasteiger partial charge < -0.3 is 15.6 Å². The summed E-state index contributed by atoms with van der Waals surface area (Å²) >= 11 is 0. The van der Waals surface area contributed by atoms with Crippen LogP contribution in [0.2, 0.25) is 0 Å². The number of carbonyl (C=O) groups is 1. The molecule has 3 aromatic rings. The van der Waals surface area contributed by atoms with Crippen LogP contribution in [0.3, 0.4) is 0 Å². The number of aromatic amines is 1. The molecular formula is C19H20F2N4O. The summed E-state index contributed by atoms with van der Waals surface area (Å²) in [7, 11) is 0. The largest absolute Gasteiger partial charge is 0.342 e. The fourth-order valence-electron chi connectivity index (χ4n) is 2.69. The molecule has 0 aliphatic carbocycles. The minimum absolute atomic E-state index is 0.355. The van der Waals surface area contributed by atoms with E-state index in [2.05, 4.69) is 20.6 Å². The van der Waals surface area contributed by atoms with Crippen molar-refractivity contribution in [1.29, 1.82) is 0 Å². The van der Waals surface area contributed by atoms with Gasteiger partial charge in [-0.25, -0.2) is 18.6 Å². The number of imidazole rings is 1. The molecule has 1 atom stereocenters. The lowest BCUT2D eigenvalue weighted by molar-refractivity contribution is 0.237. The molecule has 0 fully saturated rings. The molecule has 2 aromatic carbocycles. The lowest BCUT2D eigenvalue weighted by atomic mass is 10.1. The summed E-state index contributed by atoms with van der Waals surface area (Å²) in [4.78, 5) is 19.6. The van der Waals surface area contributed by atoms with E-state index in [1.165, 1.54) is 6.07 Å². The van der Waals surface area contributed by atoms with Crippen molar-refractivity contribution in [1.82, 2.24) is 20.6 Å². The zero-order valence-electron chi connectivity index (χ0n) is 14.4. The molecule has 1 heterocycles. The van der Waals surface area contributed by atoms with Gasteiger partial charge in [-0.3, -0.25) is 0 Å². The molecule has 3 rings (SSSR count). The summed E-state index contributed by atoms with van der Waals surface area (Å²) in [6.45, 7) is 2.19. The zero-order valence-corrected chi connectivity index (χ0v) is 14.4. The number of rotatable bonds is 6. The highest BCUT2D eigenvalue weighted by Gasteiger charge is 2.11. The molecule has 3 N–H and O–H groups in total. The molecule has 0 aliphatic rings. The maximum absolute atomic E-state index is 13.3. The van der Waals surface area contributed by atoms with Crippen molar-refractivity contribution in [2.45, 2.75) is 25.8 Å². The van der Waals surface area contributed by atoms with Gasteiger partial charge in [-0.1, -0.05) is 18.2 Å². The van der Waals surface area contributed by atoms with E-state index in [9.17, 15) is 13.6 Å². The lowest BCUT2D eigenvalue weighted by Gasteiger charge is -2.15. The number of nitrogens with one attached hydrogen (secondary N) is 3. The van der Waals surface area contributed by atoms with Crippen molar-refractivity contribution in [3.63, 3.8) is 0 Å². The van der Waals surface area contributed by atoms with E-state index < -0.39 is 17.7 Å². The number of nitrogens with zero attached hydrogens (tertiary/aromatic N) is 1. The number of carbonyl (C=O) groups excluding carboxylic acids is 1. The van der Waals surface area contributed by atoms with Crippen molar-refractivity contribution < 1.29 is 13.6 Å². The van der Waals surface area contributed by atoms with Crippen LogP contribution in [0.1, 0.15) is 30.8 Å². The van der Waals surface area contributed by atoms with Crippen LogP contribution in [-0.4, -0.2) is 22.5 Å². The minimum Gasteiger partial charge on any atom is -0.342 e. The van der Waals surface area contributed by atoms with Crippen LogP contribution < -0.4 is 10.6 Å². The Labute approximate surface area is 149 Å². The second-order valence-electron chi connectivity index (χ2n) is 6.10. The number of urea groups is 1. The highest BCUT2D eigenvalue weighted by atomic mass is 19.2. The van der Waals surface area contributed by atoms with E-state index in [-0.39, 0.29) is 6.03 Å². The van der Waals surface area contributed by atoms with Gasteiger partial charge in [-0.15, -0.1) is 0 Å². The molecule has 1 unspecified atom stereocenters. The Kier molecular flexibility index (Phi) is 5.46. The molecular weight excluding hydrogens is 338 g/mol. The normalized spacial score (nSPS) is 12.1. The Bertz CT molecular complexity index is 876. The molecule has 0 saturated heterocycles. The van der Waals surface area contributed by atoms with Gasteiger partial charge in [0.15, 0.2) is 11.6 Å². The van der Waals surface area contributed by atoms with Gasteiger partial charge in [0, 0.05) is 13.0 Å². The van der Waals surface area contributed by atoms with E-state index in [1.54, 1.807) is 6.92 Å². The van der Waals surface area contributed by atoms with Crippen LogP contribution in [0.5, 0.6) is 0 Å². The van der Waals surface area contributed by atoms with Gasteiger partial charge in [-0.05, 0) is 43.2 Å². The first kappa shape index (κ1) is 17.8. The number of fused-ring (bicyclic) bond motifs is 1. The summed E-state index contributed by atoms with van der Waals surface area (Å²) in [6.07, 6.45) is 1.44. The summed E-state index contributed by atoms with van der Waals surface area (Å²) in [5.74, 6) is -0.957. The number of hydrogen-bond acceptors (Lipinski definition) is 2. The summed E-state index contributed by atoms with van der Waals surface area (Å²) in [5.41, 5.74) is 2.42. The van der Waals surface area contributed by atoms with Gasteiger partial charge >= 0.3 is 6.03 Å². The smallest absolute Gasteiger partial charge is 0.315 e. The third-order valence-electron chi connectivity index (χ3n) is 4.11. The second-order valence-corrected chi connectivity index (χ2v) is 6.10. The molecule has 26 heavy (non-hydrogen) atoms. The minimum atomic E-state index is -0.928. The maximum atomic E-state index is 13.3. The number of aromatic nitrogens is 2. The molecule has 2 amide bonds. The Morgan fingerprint density at radius 1 is 1.19 bits per heavy atom. The Hall–Kier alpha value is -2.96. The van der Waals surface area contributed by atoms with Crippen LogP contribution in [0, 0.1) is 11.6 Å². The lowest BCUT2D eigenvalue weighted by Crippen LogP contribution is -2.37. The molecule has 0 spiro atoms. The number of para-hydroxylation sites is 2. The highest BCUT2D eigenvalue weighted by Crippen LogP contribution is 2.15. The second kappa shape index (κ2) is 7.95. The predicted molar refractivity (Wildman–Crippen MR) is 95.7 cm³/mol. The molecule has 0 aliphatic heterocycles. The van der Waals surface area contributed by atoms with Crippen molar-refractivity contribution in [3.8, 4) is 0 Å². The molecule has 136 valence electrons. The molecule has 0 bridgehead atoms. The molecule has 7 heteroatoms. The first-order chi connectivity index (χ1) is 12.5. The number of hydrogen-bond donors (Lipinski definition) is 3. The van der Waals surface area contributed by atoms with Crippen molar-refractivity contribution >= 4 is 17.1 Å². The van der Waals surface area contributed by atoms with Crippen molar-refractivity contribution in [2.24, 2.45) is 0 Å². The van der Waals surface area contributed by atoms with Gasteiger partial charge in [-0.2, -0.15) is 0 Å². The Morgan fingerprint density at radius 2 is 2.00 bits per heavy atom. The number of H-pyrrole nitrogens is 1. The maximum Gasteiger partial charge on any atom is 0.315 e. The monoisotopic (exact) mass is 358 g/mol. The highest BCUT2D eigenvalue weighted by molar-refractivity contribution is 5.75. The van der Waals surface area contributed by atoms with Gasteiger partial charge in [0.05, 0.1) is 17.1 Å². The average Bonchev–Trinajstić information content (AvgIpc) is 3.04. The molecule has 5 nitrogen and oxygen atoms in total. The number of halogens is 2. The number of benzene rings is 2. The molecule has 0 radical (unpaired) electrons. The number of amides is 2. The molecule has 1 aromatic heterocycles. The Balaban J connectivity index is 1.42. The van der Waals surface area contributed by atoms with Gasteiger partial charge in [0.2, 0.25) is 0 Å². The first-order valence-corrected chi connectivity index (χ1v) is 8.46. The van der Waals surface area contributed by atoms with Crippen LogP contribution in [0.4, 0.5) is 13.6 Å². The van der Waals surface area contributed by atoms with Gasteiger partial charge in [0.25, 0.3) is 0 Å². The fraction of sp³-hybridized carbons (Fsp3) is 0.263. The quantitative estimate of drug-likeness (QED) is 0.586. The predicted octanol–water partition coefficient (Wildman–Crippen LogP) is 3.83. The topological polar surface area (TPSA) is 69.8 Å². The third kappa shape index (κ3) is 4.36. The summed E-state index contributed by atoms with van der Waals surface area (Å²) < 4.78 is 26.2. The summed E-state index contributed by atoms with van der Waals surface area (Å²) in [5, 5.41) is 5.45. The van der Waals surface area contributed by atoms with Crippen LogP contribution in [0.15, 0.2) is 42.5 Å². The van der Waals surface area contributed by atoms with E-state index in [0.717, 1.165) is 35.4 Å². The van der Waals surface area contributed by atoms with Crippen molar-refractivity contribution in [3.05, 3.63) is 65.5 Å². The van der Waals surface area contributed by atoms with Crippen LogP contribution in [0.25, 0.3) is 11.0 Å².